The predicted octanol–water partition coefficient (Wildman–Crippen LogP) is 4.72. The van der Waals surface area contributed by atoms with Gasteiger partial charge in [-0.15, -0.1) is 0 Å². The summed E-state index contributed by atoms with van der Waals surface area (Å²) in [6, 6.07) is 6.15. The van der Waals surface area contributed by atoms with Gasteiger partial charge in [-0.25, -0.2) is 0 Å². The second-order valence-corrected chi connectivity index (χ2v) is 6.68. The van der Waals surface area contributed by atoms with Crippen LogP contribution in [-0.4, -0.2) is 32.0 Å². The van der Waals surface area contributed by atoms with E-state index in [0.717, 1.165) is 36.4 Å². The Bertz CT molecular complexity index is 554. The van der Waals surface area contributed by atoms with Crippen LogP contribution in [0.3, 0.4) is 0 Å². The van der Waals surface area contributed by atoms with Crippen molar-refractivity contribution in [1.82, 2.24) is 0 Å². The van der Waals surface area contributed by atoms with Gasteiger partial charge in [0, 0.05) is 24.9 Å². The molecule has 1 aliphatic heterocycles. The summed E-state index contributed by atoms with van der Waals surface area (Å²) in [5, 5.41) is 3.19. The van der Waals surface area contributed by atoms with Gasteiger partial charge in [0.05, 0.1) is 6.61 Å². The number of benzene rings is 1. The maximum absolute atomic E-state index is 6.27. The molecule has 2 atom stereocenters. The third-order valence-corrected chi connectivity index (χ3v) is 4.34. The number of unbranched alkanes of at least 4 members (excludes halogenated alkanes) is 1. The molecule has 1 aliphatic rings. The minimum Gasteiger partial charge on any atom is -0.485 e. The van der Waals surface area contributed by atoms with Crippen molar-refractivity contribution in [1.29, 1.82) is 0 Å². The number of allylic oxidation sites excluding steroid dienone is 1. The van der Waals surface area contributed by atoms with Gasteiger partial charge in [-0.1, -0.05) is 25.5 Å². The van der Waals surface area contributed by atoms with Gasteiger partial charge >= 0.3 is 0 Å². The number of ether oxygens (including phenoxy) is 3. The van der Waals surface area contributed by atoms with E-state index in [4.69, 9.17) is 14.2 Å². The summed E-state index contributed by atoms with van der Waals surface area (Å²) in [7, 11) is 1.92. The average Bonchev–Trinajstić information content (AvgIpc) is 2.56. The normalized spacial score (nSPS) is 22.2. The summed E-state index contributed by atoms with van der Waals surface area (Å²) in [6.45, 7) is 9.59. The van der Waals surface area contributed by atoms with Crippen LogP contribution in [0.2, 0.25) is 0 Å². The fraction of sp³-hybridized carbons (Fsp3) is 0.600. The average molecular weight is 333 g/mol. The van der Waals surface area contributed by atoms with Crippen LogP contribution in [-0.2, 0) is 9.47 Å². The van der Waals surface area contributed by atoms with Crippen molar-refractivity contribution in [2.24, 2.45) is 0 Å². The Labute approximate surface area is 146 Å². The highest BCUT2D eigenvalue weighted by Crippen LogP contribution is 2.44. The van der Waals surface area contributed by atoms with E-state index in [1.54, 1.807) is 0 Å². The molecule has 0 bridgehead atoms. The molecule has 1 aromatic carbocycles. The lowest BCUT2D eigenvalue weighted by Crippen LogP contribution is -2.51. The van der Waals surface area contributed by atoms with Crippen LogP contribution in [0.1, 0.15) is 52.2 Å². The van der Waals surface area contributed by atoms with E-state index < -0.39 is 5.60 Å². The Balaban J connectivity index is 2.34. The fourth-order valence-corrected chi connectivity index (χ4v) is 2.96. The fourth-order valence-electron chi connectivity index (χ4n) is 2.96. The van der Waals surface area contributed by atoms with Crippen LogP contribution in [0, 0.1) is 0 Å². The lowest BCUT2D eigenvalue weighted by molar-refractivity contribution is -0.157. The van der Waals surface area contributed by atoms with Gasteiger partial charge in [-0.2, -0.15) is 0 Å². The first-order chi connectivity index (χ1) is 11.5. The van der Waals surface area contributed by atoms with Crippen LogP contribution >= 0.6 is 0 Å². The molecule has 2 unspecified atom stereocenters. The molecule has 0 amide bonds. The first-order valence-corrected chi connectivity index (χ1v) is 8.88. The van der Waals surface area contributed by atoms with Crippen LogP contribution in [0.5, 0.6) is 5.75 Å². The topological polar surface area (TPSA) is 39.7 Å². The van der Waals surface area contributed by atoms with E-state index in [-0.39, 0.29) is 12.2 Å². The summed E-state index contributed by atoms with van der Waals surface area (Å²) >= 11 is 0. The summed E-state index contributed by atoms with van der Waals surface area (Å²) in [6.07, 6.45) is 5.87. The van der Waals surface area contributed by atoms with Crippen LogP contribution < -0.4 is 10.1 Å². The molecule has 2 rings (SSSR count). The van der Waals surface area contributed by atoms with Gasteiger partial charge in [-0.3, -0.25) is 0 Å². The van der Waals surface area contributed by atoms with Crippen molar-refractivity contribution in [3.63, 3.8) is 0 Å². The molecule has 0 aliphatic carbocycles. The molecule has 0 saturated carbocycles. The van der Waals surface area contributed by atoms with E-state index in [2.05, 4.69) is 32.2 Å². The summed E-state index contributed by atoms with van der Waals surface area (Å²) < 4.78 is 18.7. The van der Waals surface area contributed by atoms with Crippen molar-refractivity contribution >= 4 is 5.69 Å². The van der Waals surface area contributed by atoms with Gasteiger partial charge in [0.2, 0.25) is 0 Å². The van der Waals surface area contributed by atoms with E-state index >= 15 is 0 Å². The minimum atomic E-state index is -0.452. The molecule has 1 N–H and O–H groups in total. The summed E-state index contributed by atoms with van der Waals surface area (Å²) in [4.78, 5) is 0. The molecule has 4 nitrogen and oxygen atoms in total. The molecule has 4 heteroatoms. The maximum Gasteiger partial charge on any atom is 0.132 e. The Morgan fingerprint density at radius 1 is 1.29 bits per heavy atom. The Kier molecular flexibility index (Phi) is 6.69. The monoisotopic (exact) mass is 333 g/mol. The zero-order chi connectivity index (χ0) is 17.6. The largest absolute Gasteiger partial charge is 0.485 e. The molecule has 24 heavy (non-hydrogen) atoms. The zero-order valence-electron chi connectivity index (χ0n) is 15.6. The molecule has 0 saturated heterocycles. The lowest BCUT2D eigenvalue weighted by atomic mass is 9.87. The lowest BCUT2D eigenvalue weighted by Gasteiger charge is -2.44. The molecular weight excluding hydrogens is 302 g/mol. The Hall–Kier alpha value is -1.52. The second kappa shape index (κ2) is 8.54. The highest BCUT2D eigenvalue weighted by molar-refractivity contribution is 5.53. The van der Waals surface area contributed by atoms with Crippen LogP contribution in [0.25, 0.3) is 0 Å². The third kappa shape index (κ3) is 4.31. The Morgan fingerprint density at radius 2 is 2.08 bits per heavy atom. The molecule has 1 heterocycles. The molecule has 1 aromatic rings. The third-order valence-electron chi connectivity index (χ3n) is 4.34. The first-order valence-electron chi connectivity index (χ1n) is 8.88. The Morgan fingerprint density at radius 3 is 2.75 bits per heavy atom. The van der Waals surface area contributed by atoms with Crippen LogP contribution in [0.4, 0.5) is 5.69 Å². The van der Waals surface area contributed by atoms with E-state index in [1.807, 2.05) is 38.3 Å². The highest BCUT2D eigenvalue weighted by Gasteiger charge is 2.45. The standard InChI is InChI=1S/C20H31NO3/c1-6-8-12-22-18-16-14-15(21-5)10-11-17(16)24-20(3,4)19(18)23-13-9-7-2/h7,9-11,14,18-19,21H,6,8,12-13H2,1-5H3/b9-7+. The molecule has 0 fully saturated rings. The van der Waals surface area contributed by atoms with Crippen molar-refractivity contribution in [2.75, 3.05) is 25.6 Å². The molecule has 0 spiro atoms. The number of rotatable bonds is 8. The maximum atomic E-state index is 6.27. The number of hydrogen-bond acceptors (Lipinski definition) is 4. The van der Waals surface area contributed by atoms with Gasteiger partial charge in [0.1, 0.15) is 23.6 Å². The highest BCUT2D eigenvalue weighted by atomic mass is 16.6. The quantitative estimate of drug-likeness (QED) is 0.552. The van der Waals surface area contributed by atoms with Crippen molar-refractivity contribution < 1.29 is 14.2 Å². The van der Waals surface area contributed by atoms with E-state index in [1.165, 1.54) is 0 Å². The van der Waals surface area contributed by atoms with Crippen molar-refractivity contribution in [3.05, 3.63) is 35.9 Å². The number of fused-ring (bicyclic) bond motifs is 1. The van der Waals surface area contributed by atoms with Gasteiger partial charge < -0.3 is 19.5 Å². The summed E-state index contributed by atoms with van der Waals surface area (Å²) in [5.74, 6) is 0.881. The van der Waals surface area contributed by atoms with E-state index in [0.29, 0.717) is 6.61 Å². The molecule has 134 valence electrons. The SMILES string of the molecule is C/C=C/COC1C(OCCCC)c2cc(NC)ccc2OC1(C)C. The van der Waals surface area contributed by atoms with Gasteiger partial charge in [-0.05, 0) is 45.4 Å². The van der Waals surface area contributed by atoms with E-state index in [9.17, 15) is 0 Å². The number of hydrogen-bond donors (Lipinski definition) is 1. The minimum absolute atomic E-state index is 0.131. The number of anilines is 1. The smallest absolute Gasteiger partial charge is 0.132 e. The molecular formula is C20H31NO3. The molecule has 0 aromatic heterocycles. The predicted molar refractivity (Wildman–Crippen MR) is 98.9 cm³/mol. The van der Waals surface area contributed by atoms with Crippen molar-refractivity contribution in [3.8, 4) is 5.75 Å². The molecule has 0 radical (unpaired) electrons. The van der Waals surface area contributed by atoms with Gasteiger partial charge in [0.25, 0.3) is 0 Å². The summed E-state index contributed by atoms with van der Waals surface area (Å²) in [5.41, 5.74) is 1.66. The zero-order valence-corrected chi connectivity index (χ0v) is 15.6. The first kappa shape index (κ1) is 18.8. The van der Waals surface area contributed by atoms with Crippen molar-refractivity contribution in [2.45, 2.75) is 58.3 Å². The number of nitrogens with one attached hydrogen (secondary N) is 1. The van der Waals surface area contributed by atoms with Gasteiger partial charge in [0.15, 0.2) is 0 Å². The van der Waals surface area contributed by atoms with Crippen LogP contribution in [0.15, 0.2) is 30.4 Å². The second-order valence-electron chi connectivity index (χ2n) is 6.68.